The molecule has 0 atom stereocenters. The molecule has 0 aliphatic heterocycles. The van der Waals surface area contributed by atoms with Gasteiger partial charge in [-0.3, -0.25) is 0 Å². The van der Waals surface area contributed by atoms with E-state index in [0.717, 1.165) is 18.4 Å². The van der Waals surface area contributed by atoms with Gasteiger partial charge in [0.2, 0.25) is 0 Å². The van der Waals surface area contributed by atoms with Crippen molar-refractivity contribution in [3.8, 4) is 6.07 Å². The molecule has 0 unspecified atom stereocenters. The molecule has 0 saturated carbocycles. The van der Waals surface area contributed by atoms with E-state index in [1.807, 2.05) is 6.07 Å². The third-order valence-corrected chi connectivity index (χ3v) is 4.04. The average molecular weight is 221 g/mol. The molecular weight excluding hydrogens is 206 g/mol. The molecule has 84 valence electrons. The molecule has 1 aromatic carbocycles. The predicted molar refractivity (Wildman–Crippen MR) is 69.5 cm³/mol. The minimum atomic E-state index is 0.0856. The first kappa shape index (κ1) is 10.4. The highest BCUT2D eigenvalue weighted by molar-refractivity contribution is 5.86. The molecule has 0 fully saturated rings. The molecule has 0 aromatic heterocycles. The van der Waals surface area contributed by atoms with Gasteiger partial charge >= 0.3 is 0 Å². The summed E-state index contributed by atoms with van der Waals surface area (Å²) in [5.41, 5.74) is 6.40. The van der Waals surface area contributed by atoms with Crippen LogP contribution in [0.1, 0.15) is 43.4 Å². The van der Waals surface area contributed by atoms with E-state index in [9.17, 15) is 0 Å². The molecule has 0 radical (unpaired) electrons. The van der Waals surface area contributed by atoms with Gasteiger partial charge in [0.1, 0.15) is 0 Å². The topological polar surface area (TPSA) is 23.8 Å². The Morgan fingerprint density at radius 1 is 1.29 bits per heavy atom. The highest BCUT2D eigenvalue weighted by Gasteiger charge is 2.37. The molecule has 0 spiro atoms. The zero-order chi connectivity index (χ0) is 12.0. The predicted octanol–water partition coefficient (Wildman–Crippen LogP) is 3.95. The average Bonchev–Trinajstić information content (AvgIpc) is 2.59. The van der Waals surface area contributed by atoms with Crippen LogP contribution in [-0.2, 0) is 5.41 Å². The molecule has 1 aromatic rings. The maximum atomic E-state index is 9.02. The van der Waals surface area contributed by atoms with Gasteiger partial charge in [0, 0.05) is 5.41 Å². The number of nitriles is 1. The van der Waals surface area contributed by atoms with Gasteiger partial charge in [0.25, 0.3) is 0 Å². The van der Waals surface area contributed by atoms with Gasteiger partial charge in [-0.1, -0.05) is 37.6 Å². The van der Waals surface area contributed by atoms with Crippen LogP contribution in [0.3, 0.4) is 0 Å². The van der Waals surface area contributed by atoms with Crippen LogP contribution < -0.4 is 0 Å². The lowest BCUT2D eigenvalue weighted by molar-refractivity contribution is 0.607. The van der Waals surface area contributed by atoms with Crippen molar-refractivity contribution in [1.29, 1.82) is 5.26 Å². The summed E-state index contributed by atoms with van der Waals surface area (Å²) in [6, 6.07) is 8.32. The molecule has 3 rings (SSSR count). The highest BCUT2D eigenvalue weighted by atomic mass is 14.4. The van der Waals surface area contributed by atoms with Crippen LogP contribution in [0, 0.1) is 11.3 Å². The van der Waals surface area contributed by atoms with Crippen LogP contribution in [0.15, 0.2) is 35.9 Å². The Hall–Kier alpha value is -1.81. The van der Waals surface area contributed by atoms with Crippen molar-refractivity contribution in [2.45, 2.75) is 32.1 Å². The third-order valence-electron chi connectivity index (χ3n) is 4.04. The van der Waals surface area contributed by atoms with Crippen molar-refractivity contribution < 1.29 is 0 Å². The molecule has 1 nitrogen and oxygen atoms in total. The molecule has 0 bridgehead atoms. The lowest BCUT2D eigenvalue weighted by Crippen LogP contribution is -2.17. The smallest absolute Gasteiger partial charge is 0.0991 e. The third kappa shape index (κ3) is 1.31. The van der Waals surface area contributed by atoms with Crippen molar-refractivity contribution in [2.75, 3.05) is 0 Å². The summed E-state index contributed by atoms with van der Waals surface area (Å²) in [4.78, 5) is 0. The molecule has 2 aliphatic carbocycles. The van der Waals surface area contributed by atoms with Gasteiger partial charge in [0.15, 0.2) is 0 Å². The first-order valence-electron chi connectivity index (χ1n) is 6.10. The second kappa shape index (κ2) is 3.34. The van der Waals surface area contributed by atoms with Crippen molar-refractivity contribution in [2.24, 2.45) is 0 Å². The number of hydrogen-bond donors (Lipinski definition) is 0. The van der Waals surface area contributed by atoms with E-state index in [1.165, 1.54) is 22.3 Å². The number of allylic oxidation sites excluding steroid dienone is 4. The fourth-order valence-electron chi connectivity index (χ4n) is 3.09. The largest absolute Gasteiger partial charge is 0.192 e. The molecule has 2 aliphatic rings. The van der Waals surface area contributed by atoms with Gasteiger partial charge in [-0.15, -0.1) is 0 Å². The molecule has 0 N–H and O–H groups in total. The Morgan fingerprint density at radius 3 is 2.88 bits per heavy atom. The van der Waals surface area contributed by atoms with Crippen LogP contribution in [0.2, 0.25) is 0 Å². The Bertz CT molecular complexity index is 594. The maximum absolute atomic E-state index is 9.02. The fourth-order valence-corrected chi connectivity index (χ4v) is 3.09. The molecule has 17 heavy (non-hydrogen) atoms. The van der Waals surface area contributed by atoms with Crippen LogP contribution >= 0.6 is 0 Å². The monoisotopic (exact) mass is 221 g/mol. The number of benzene rings is 1. The number of rotatable bonds is 0. The Labute approximate surface area is 102 Å². The minimum Gasteiger partial charge on any atom is -0.192 e. The van der Waals surface area contributed by atoms with Gasteiger partial charge in [0.05, 0.1) is 11.6 Å². The lowest BCUT2D eigenvalue weighted by Gasteiger charge is -2.25. The van der Waals surface area contributed by atoms with Gasteiger partial charge in [-0.2, -0.15) is 5.26 Å². The summed E-state index contributed by atoms with van der Waals surface area (Å²) in [7, 11) is 0. The van der Waals surface area contributed by atoms with Crippen molar-refractivity contribution in [1.82, 2.24) is 0 Å². The quantitative estimate of drug-likeness (QED) is 0.650. The van der Waals surface area contributed by atoms with E-state index in [2.05, 4.69) is 44.2 Å². The van der Waals surface area contributed by atoms with E-state index in [4.69, 9.17) is 5.26 Å². The van der Waals surface area contributed by atoms with Crippen molar-refractivity contribution >= 4 is 5.57 Å². The maximum Gasteiger partial charge on any atom is 0.0991 e. The summed E-state index contributed by atoms with van der Waals surface area (Å²) in [6.07, 6.45) is 6.79. The highest BCUT2D eigenvalue weighted by Crippen LogP contribution is 2.49. The molecule has 1 heteroatoms. The molecular formula is C16H15N. The molecule has 0 amide bonds. The van der Waals surface area contributed by atoms with Gasteiger partial charge < -0.3 is 0 Å². The van der Waals surface area contributed by atoms with Crippen molar-refractivity contribution in [3.63, 3.8) is 0 Å². The van der Waals surface area contributed by atoms with E-state index in [-0.39, 0.29) is 5.41 Å². The van der Waals surface area contributed by atoms with Gasteiger partial charge in [-0.05, 0) is 41.7 Å². The van der Waals surface area contributed by atoms with Crippen molar-refractivity contribution in [3.05, 3.63) is 52.6 Å². The SMILES string of the molecule is CC1(C)C2=C(C=CCC2)c2ccc(C#N)cc21. The second-order valence-electron chi connectivity index (χ2n) is 5.33. The Kier molecular flexibility index (Phi) is 2.03. The van der Waals surface area contributed by atoms with E-state index in [0.29, 0.717) is 0 Å². The van der Waals surface area contributed by atoms with Crippen LogP contribution in [0.25, 0.3) is 5.57 Å². The second-order valence-corrected chi connectivity index (χ2v) is 5.33. The summed E-state index contributed by atoms with van der Waals surface area (Å²) >= 11 is 0. The van der Waals surface area contributed by atoms with E-state index >= 15 is 0 Å². The van der Waals surface area contributed by atoms with Crippen LogP contribution in [-0.4, -0.2) is 0 Å². The number of hydrogen-bond acceptors (Lipinski definition) is 1. The Balaban J connectivity index is 2.27. The van der Waals surface area contributed by atoms with E-state index < -0.39 is 0 Å². The Morgan fingerprint density at radius 2 is 2.12 bits per heavy atom. The summed E-state index contributed by atoms with van der Waals surface area (Å²) in [6.45, 7) is 4.54. The number of nitrogens with zero attached hydrogens (tertiary/aromatic N) is 1. The standard InChI is InChI=1S/C16H15N/c1-16(2)14-6-4-3-5-12(14)13-8-7-11(10-17)9-15(13)16/h3,5,7-9H,4,6H2,1-2H3. The molecule has 0 heterocycles. The summed E-state index contributed by atoms with van der Waals surface area (Å²) in [5.74, 6) is 0. The zero-order valence-electron chi connectivity index (χ0n) is 10.2. The van der Waals surface area contributed by atoms with Crippen LogP contribution in [0.4, 0.5) is 0 Å². The normalized spacial score (nSPS) is 19.8. The first-order valence-corrected chi connectivity index (χ1v) is 6.10. The lowest BCUT2D eigenvalue weighted by atomic mass is 9.78. The zero-order valence-corrected chi connectivity index (χ0v) is 10.2. The van der Waals surface area contributed by atoms with Crippen LogP contribution in [0.5, 0.6) is 0 Å². The number of fused-ring (bicyclic) bond motifs is 2. The van der Waals surface area contributed by atoms with E-state index in [1.54, 1.807) is 0 Å². The first-order chi connectivity index (χ1) is 8.14. The summed E-state index contributed by atoms with van der Waals surface area (Å²) < 4.78 is 0. The summed E-state index contributed by atoms with van der Waals surface area (Å²) in [5, 5.41) is 9.02. The minimum absolute atomic E-state index is 0.0856. The van der Waals surface area contributed by atoms with Gasteiger partial charge in [-0.25, -0.2) is 0 Å². The fraction of sp³-hybridized carbons (Fsp3) is 0.312. The molecule has 0 saturated heterocycles.